The molecule has 27 heavy (non-hydrogen) atoms. The third-order valence-electron chi connectivity index (χ3n) is 3.61. The lowest BCUT2D eigenvalue weighted by Crippen LogP contribution is -2.28. The zero-order chi connectivity index (χ0) is 19.4. The summed E-state index contributed by atoms with van der Waals surface area (Å²) in [5.74, 6) is 1.51. The molecule has 0 aliphatic carbocycles. The number of amides is 2. The van der Waals surface area contributed by atoms with Gasteiger partial charge in [-0.25, -0.2) is 9.78 Å². The summed E-state index contributed by atoms with van der Waals surface area (Å²) >= 11 is 14.8. The first-order valence-electron chi connectivity index (χ1n) is 7.84. The van der Waals surface area contributed by atoms with Gasteiger partial charge in [0.1, 0.15) is 5.82 Å². The number of halogens is 2. The molecule has 2 heterocycles. The molecule has 11 heteroatoms. The van der Waals surface area contributed by atoms with Gasteiger partial charge in [-0.1, -0.05) is 41.0 Å². The highest BCUT2D eigenvalue weighted by Gasteiger charge is 2.10. The van der Waals surface area contributed by atoms with E-state index in [0.29, 0.717) is 27.5 Å². The van der Waals surface area contributed by atoms with E-state index in [1.165, 1.54) is 11.3 Å². The predicted molar refractivity (Wildman–Crippen MR) is 110 cm³/mol. The monoisotopic (exact) mass is 442 g/mol. The summed E-state index contributed by atoms with van der Waals surface area (Å²) in [5, 5.41) is 17.8. The molecular weight excluding hydrogens is 427 g/mol. The van der Waals surface area contributed by atoms with E-state index >= 15 is 0 Å². The second-order valence-electron chi connectivity index (χ2n) is 5.58. The van der Waals surface area contributed by atoms with Crippen LogP contribution in [0.15, 0.2) is 28.7 Å². The van der Waals surface area contributed by atoms with E-state index in [1.807, 2.05) is 23.9 Å². The molecule has 3 aromatic rings. The Morgan fingerprint density at radius 1 is 1.30 bits per heavy atom. The predicted octanol–water partition coefficient (Wildman–Crippen LogP) is 4.50. The molecule has 3 rings (SSSR count). The number of urea groups is 1. The number of hydrogen-bond donors (Lipinski definition) is 2. The van der Waals surface area contributed by atoms with Crippen LogP contribution in [-0.2, 0) is 19.3 Å². The van der Waals surface area contributed by atoms with Crippen molar-refractivity contribution in [3.8, 4) is 0 Å². The number of aromatic nitrogens is 4. The van der Waals surface area contributed by atoms with Crippen molar-refractivity contribution < 1.29 is 4.79 Å². The van der Waals surface area contributed by atoms with Crippen LogP contribution in [-0.4, -0.2) is 25.8 Å². The number of thiazole rings is 1. The van der Waals surface area contributed by atoms with Gasteiger partial charge in [0.15, 0.2) is 10.3 Å². The summed E-state index contributed by atoms with van der Waals surface area (Å²) in [6, 6.07) is 4.89. The largest absolute Gasteiger partial charge is 0.334 e. The number of nitrogens with zero attached hydrogens (tertiary/aromatic N) is 4. The summed E-state index contributed by atoms with van der Waals surface area (Å²) in [6.45, 7) is 2.24. The Bertz CT molecular complexity index is 958. The maximum absolute atomic E-state index is 12.0. The molecule has 0 aliphatic rings. The lowest BCUT2D eigenvalue weighted by molar-refractivity contribution is 0.251. The fraction of sp³-hybridized carbons (Fsp3) is 0.250. The van der Waals surface area contributed by atoms with Crippen molar-refractivity contribution in [1.82, 2.24) is 25.1 Å². The van der Waals surface area contributed by atoms with E-state index in [1.54, 1.807) is 30.0 Å². The Labute approximate surface area is 174 Å². The first-order chi connectivity index (χ1) is 12.9. The molecule has 142 valence electrons. The van der Waals surface area contributed by atoms with Crippen LogP contribution in [0.25, 0.3) is 0 Å². The van der Waals surface area contributed by atoms with Crippen LogP contribution in [0, 0.1) is 6.92 Å². The van der Waals surface area contributed by atoms with Crippen LogP contribution in [0.1, 0.15) is 17.1 Å². The van der Waals surface area contributed by atoms with Gasteiger partial charge in [0, 0.05) is 24.7 Å². The minimum atomic E-state index is -0.335. The average Bonchev–Trinajstić information content (AvgIpc) is 3.21. The van der Waals surface area contributed by atoms with Crippen LogP contribution < -0.4 is 10.6 Å². The number of benzene rings is 1. The standard InChI is InChI=1S/C16H16Cl2N6OS2/c1-9-22-23-16(24(9)2)27-8-11-7-26-15(20-11)21-14(25)19-6-10-3-4-12(17)13(18)5-10/h3-5,7H,6,8H2,1-2H3,(H2,19,20,21,25). The molecule has 0 fully saturated rings. The highest BCUT2D eigenvalue weighted by Crippen LogP contribution is 2.24. The SMILES string of the molecule is Cc1nnc(SCc2csc(NC(=O)NCc3ccc(Cl)c(Cl)c3)n2)n1C. The third kappa shape index (κ3) is 5.35. The smallest absolute Gasteiger partial charge is 0.321 e. The lowest BCUT2D eigenvalue weighted by Gasteiger charge is -2.06. The van der Waals surface area contributed by atoms with Crippen LogP contribution in [0.5, 0.6) is 0 Å². The number of thioether (sulfide) groups is 1. The molecule has 0 bridgehead atoms. The Morgan fingerprint density at radius 2 is 2.11 bits per heavy atom. The molecule has 0 saturated carbocycles. The van der Waals surface area contributed by atoms with E-state index in [9.17, 15) is 4.79 Å². The number of hydrogen-bond acceptors (Lipinski definition) is 6. The van der Waals surface area contributed by atoms with Crippen LogP contribution in [0.2, 0.25) is 10.0 Å². The van der Waals surface area contributed by atoms with Crippen molar-refractivity contribution in [2.45, 2.75) is 24.4 Å². The van der Waals surface area contributed by atoms with E-state index < -0.39 is 0 Å². The molecule has 1 aromatic carbocycles. The topological polar surface area (TPSA) is 84.7 Å². The van der Waals surface area contributed by atoms with Gasteiger partial charge in [-0.15, -0.1) is 21.5 Å². The fourth-order valence-electron chi connectivity index (χ4n) is 2.06. The van der Waals surface area contributed by atoms with Gasteiger partial charge in [0.25, 0.3) is 0 Å². The maximum atomic E-state index is 12.0. The van der Waals surface area contributed by atoms with Crippen molar-refractivity contribution >= 4 is 57.5 Å². The molecule has 0 atom stereocenters. The van der Waals surface area contributed by atoms with Crippen LogP contribution in [0.3, 0.4) is 0 Å². The Hall–Kier alpha value is -1.81. The summed E-state index contributed by atoms with van der Waals surface area (Å²) in [6.07, 6.45) is 0. The number of aryl methyl sites for hydroxylation is 1. The molecule has 0 spiro atoms. The second-order valence-corrected chi connectivity index (χ2v) is 8.19. The van der Waals surface area contributed by atoms with Gasteiger partial charge in [-0.2, -0.15) is 0 Å². The van der Waals surface area contributed by atoms with E-state index in [-0.39, 0.29) is 6.03 Å². The quantitative estimate of drug-likeness (QED) is 0.548. The number of carbonyl (C=O) groups excluding carboxylic acids is 1. The Morgan fingerprint density at radius 3 is 2.81 bits per heavy atom. The molecule has 0 saturated heterocycles. The first-order valence-corrected chi connectivity index (χ1v) is 10.5. The normalized spacial score (nSPS) is 10.8. The van der Waals surface area contributed by atoms with E-state index in [2.05, 4.69) is 25.8 Å². The van der Waals surface area contributed by atoms with Gasteiger partial charge < -0.3 is 9.88 Å². The summed E-state index contributed by atoms with van der Waals surface area (Å²) < 4.78 is 1.92. The fourth-order valence-corrected chi connectivity index (χ4v) is 4.04. The summed E-state index contributed by atoms with van der Waals surface area (Å²) in [5.41, 5.74) is 1.72. The highest BCUT2D eigenvalue weighted by atomic mass is 35.5. The lowest BCUT2D eigenvalue weighted by atomic mass is 10.2. The average molecular weight is 443 g/mol. The minimum Gasteiger partial charge on any atom is -0.334 e. The van der Waals surface area contributed by atoms with Crippen LogP contribution >= 0.6 is 46.3 Å². The van der Waals surface area contributed by atoms with Gasteiger partial charge in [-0.3, -0.25) is 5.32 Å². The molecule has 7 nitrogen and oxygen atoms in total. The van der Waals surface area contributed by atoms with Gasteiger partial charge in [-0.05, 0) is 24.6 Å². The number of carbonyl (C=O) groups is 1. The molecule has 2 N–H and O–H groups in total. The molecule has 2 amide bonds. The van der Waals surface area contributed by atoms with E-state index in [4.69, 9.17) is 23.2 Å². The molecule has 0 aliphatic heterocycles. The minimum absolute atomic E-state index is 0.335. The number of anilines is 1. The zero-order valence-corrected chi connectivity index (χ0v) is 17.6. The second kappa shape index (κ2) is 8.92. The van der Waals surface area contributed by atoms with Crippen molar-refractivity contribution in [3.63, 3.8) is 0 Å². The summed E-state index contributed by atoms with van der Waals surface area (Å²) in [4.78, 5) is 16.4. The van der Waals surface area contributed by atoms with Crippen LogP contribution in [0.4, 0.5) is 9.93 Å². The van der Waals surface area contributed by atoms with Gasteiger partial charge in [0.2, 0.25) is 0 Å². The van der Waals surface area contributed by atoms with Gasteiger partial charge >= 0.3 is 6.03 Å². The van der Waals surface area contributed by atoms with Crippen molar-refractivity contribution in [1.29, 1.82) is 0 Å². The Balaban J connectivity index is 1.48. The Kier molecular flexibility index (Phi) is 6.59. The molecule has 2 aromatic heterocycles. The zero-order valence-electron chi connectivity index (χ0n) is 14.5. The number of nitrogens with one attached hydrogen (secondary N) is 2. The van der Waals surface area contributed by atoms with Crippen molar-refractivity contribution in [2.75, 3.05) is 5.32 Å². The van der Waals surface area contributed by atoms with Crippen molar-refractivity contribution in [2.24, 2.45) is 7.05 Å². The number of rotatable bonds is 6. The maximum Gasteiger partial charge on any atom is 0.321 e. The molecule has 0 radical (unpaired) electrons. The van der Waals surface area contributed by atoms with Gasteiger partial charge in [0.05, 0.1) is 15.7 Å². The van der Waals surface area contributed by atoms with Crippen molar-refractivity contribution in [3.05, 3.63) is 50.7 Å². The van der Waals surface area contributed by atoms with E-state index in [0.717, 1.165) is 22.2 Å². The highest BCUT2D eigenvalue weighted by molar-refractivity contribution is 7.98. The molecule has 0 unspecified atom stereocenters. The third-order valence-corrected chi connectivity index (χ3v) is 6.21. The first kappa shape index (κ1) is 19.9. The summed E-state index contributed by atoms with van der Waals surface area (Å²) in [7, 11) is 1.92. The molecular formula is C16H16Cl2N6OS2.